The first-order chi connectivity index (χ1) is 20.5. The number of nitrogens with one attached hydrogen (secondary N) is 1. The van der Waals surface area contributed by atoms with Crippen LogP contribution >= 0.6 is 0 Å². The van der Waals surface area contributed by atoms with Gasteiger partial charge in [-0.15, -0.1) is 0 Å². The van der Waals surface area contributed by atoms with Gasteiger partial charge in [-0.2, -0.15) is 5.26 Å². The number of carbonyl (C=O) groups excluding carboxylic acids is 1. The highest BCUT2D eigenvalue weighted by Gasteiger charge is 2.22. The van der Waals surface area contributed by atoms with Crippen molar-refractivity contribution >= 4 is 34.2 Å². The number of anilines is 3. The number of aromatic nitrogens is 2. The van der Waals surface area contributed by atoms with Gasteiger partial charge in [0.25, 0.3) is 0 Å². The molecule has 1 N–H and O–H groups in total. The second-order valence-electron chi connectivity index (χ2n) is 10.1. The summed E-state index contributed by atoms with van der Waals surface area (Å²) in [6, 6.07) is 19.2. The molecule has 10 nitrogen and oxygen atoms in total. The fourth-order valence-electron chi connectivity index (χ4n) is 4.90. The Morgan fingerprint density at radius 3 is 2.52 bits per heavy atom. The molecule has 0 spiro atoms. The van der Waals surface area contributed by atoms with E-state index in [0.717, 1.165) is 48.7 Å². The van der Waals surface area contributed by atoms with Gasteiger partial charge in [-0.25, -0.2) is 4.98 Å². The van der Waals surface area contributed by atoms with Crippen LogP contribution in [-0.4, -0.2) is 49.9 Å². The number of rotatable bonds is 10. The molecule has 1 fully saturated rings. The molecule has 0 aliphatic carbocycles. The average molecular weight is 568 g/mol. The molecule has 216 valence electrons. The molecule has 1 aliphatic heterocycles. The molecule has 5 rings (SSSR count). The summed E-state index contributed by atoms with van der Waals surface area (Å²) in [4.78, 5) is 22.7. The van der Waals surface area contributed by atoms with Crippen molar-refractivity contribution < 1.29 is 23.7 Å². The van der Waals surface area contributed by atoms with E-state index in [9.17, 15) is 10.1 Å². The van der Waals surface area contributed by atoms with Crippen LogP contribution in [0.3, 0.4) is 0 Å². The Labute approximate surface area is 244 Å². The maximum atomic E-state index is 11.1. The third-order valence-electron chi connectivity index (χ3n) is 7.27. The summed E-state index contributed by atoms with van der Waals surface area (Å²) in [5, 5.41) is 13.5. The van der Waals surface area contributed by atoms with Crippen LogP contribution in [0.25, 0.3) is 11.0 Å². The van der Waals surface area contributed by atoms with E-state index in [1.54, 1.807) is 20.4 Å². The number of hydrogen-bond donors (Lipinski definition) is 1. The number of esters is 1. The number of ether oxygens (including phenoxy) is 4. The van der Waals surface area contributed by atoms with E-state index in [1.165, 1.54) is 6.92 Å². The summed E-state index contributed by atoms with van der Waals surface area (Å²) in [5.41, 5.74) is 3.94. The maximum absolute atomic E-state index is 11.1. The van der Waals surface area contributed by atoms with Crippen molar-refractivity contribution in [3.8, 4) is 23.3 Å². The van der Waals surface area contributed by atoms with E-state index >= 15 is 0 Å². The smallest absolute Gasteiger partial charge is 0.302 e. The lowest BCUT2D eigenvalue weighted by molar-refractivity contribution is -0.142. The average Bonchev–Trinajstić information content (AvgIpc) is 3.03. The zero-order chi connectivity index (χ0) is 29.5. The molecule has 0 amide bonds. The second kappa shape index (κ2) is 13.1. The highest BCUT2D eigenvalue weighted by atomic mass is 16.5. The Kier molecular flexibility index (Phi) is 8.87. The fraction of sp³-hybridized carbons (Fsp3) is 0.312. The first kappa shape index (κ1) is 28.5. The lowest BCUT2D eigenvalue weighted by Crippen LogP contribution is -2.35. The van der Waals surface area contributed by atoms with Crippen molar-refractivity contribution in [2.45, 2.75) is 26.4 Å². The van der Waals surface area contributed by atoms with Crippen LogP contribution in [0, 0.1) is 17.2 Å². The Bertz CT molecular complexity index is 1590. The van der Waals surface area contributed by atoms with E-state index < -0.39 is 0 Å². The van der Waals surface area contributed by atoms with Gasteiger partial charge < -0.3 is 29.2 Å². The minimum atomic E-state index is -0.251. The third kappa shape index (κ3) is 6.63. The molecule has 0 atom stereocenters. The van der Waals surface area contributed by atoms with Gasteiger partial charge in [-0.3, -0.25) is 9.78 Å². The topological polar surface area (TPSA) is 119 Å². The maximum Gasteiger partial charge on any atom is 0.302 e. The van der Waals surface area contributed by atoms with Crippen LogP contribution in [0.1, 0.15) is 30.9 Å². The van der Waals surface area contributed by atoms with Crippen LogP contribution in [-0.2, 0) is 16.1 Å². The van der Waals surface area contributed by atoms with Gasteiger partial charge in [0.05, 0.1) is 38.2 Å². The van der Waals surface area contributed by atoms with Crippen molar-refractivity contribution in [2.75, 3.05) is 44.1 Å². The molecular weight excluding hydrogens is 534 g/mol. The van der Waals surface area contributed by atoms with Gasteiger partial charge >= 0.3 is 5.97 Å². The molecule has 42 heavy (non-hydrogen) atoms. The minimum Gasteiger partial charge on any atom is -0.497 e. The third-order valence-corrected chi connectivity index (χ3v) is 7.27. The van der Waals surface area contributed by atoms with E-state index in [-0.39, 0.29) is 5.97 Å². The molecule has 0 radical (unpaired) electrons. The van der Waals surface area contributed by atoms with E-state index in [4.69, 9.17) is 23.9 Å². The van der Waals surface area contributed by atoms with Crippen molar-refractivity contribution in [1.29, 1.82) is 5.26 Å². The summed E-state index contributed by atoms with van der Waals surface area (Å²) >= 11 is 0. The largest absolute Gasteiger partial charge is 0.497 e. The molecule has 10 heteroatoms. The Morgan fingerprint density at radius 1 is 1.05 bits per heavy atom. The molecule has 1 saturated heterocycles. The molecule has 1 aromatic heterocycles. The SMILES string of the molecule is COc1ccc(COc2ccc(Nc3ccc4ncc(N5CCC(COC(C)=O)CC5)nc4c3C#N)cc2OC)cc1. The van der Waals surface area contributed by atoms with Crippen molar-refractivity contribution in [2.24, 2.45) is 5.92 Å². The number of nitriles is 1. The normalized spacial score (nSPS) is 13.3. The van der Waals surface area contributed by atoms with Gasteiger partial charge in [0.1, 0.15) is 35.3 Å². The summed E-state index contributed by atoms with van der Waals surface area (Å²) in [7, 11) is 3.22. The minimum absolute atomic E-state index is 0.251. The molecular formula is C32H33N5O5. The summed E-state index contributed by atoms with van der Waals surface area (Å²) in [5.74, 6) is 2.76. The lowest BCUT2D eigenvalue weighted by atomic mass is 9.98. The molecule has 0 unspecified atom stereocenters. The predicted octanol–water partition coefficient (Wildman–Crippen LogP) is 5.62. The van der Waals surface area contributed by atoms with E-state index in [2.05, 4.69) is 21.3 Å². The number of benzene rings is 3. The van der Waals surface area contributed by atoms with Crippen molar-refractivity contribution in [3.63, 3.8) is 0 Å². The van der Waals surface area contributed by atoms with Crippen LogP contribution in [0.15, 0.2) is 60.8 Å². The first-order valence-electron chi connectivity index (χ1n) is 13.8. The number of carbonyl (C=O) groups is 1. The number of nitrogens with zero attached hydrogens (tertiary/aromatic N) is 4. The monoisotopic (exact) mass is 567 g/mol. The number of fused-ring (bicyclic) bond motifs is 1. The van der Waals surface area contributed by atoms with E-state index in [1.807, 2.05) is 54.6 Å². The van der Waals surface area contributed by atoms with Crippen molar-refractivity contribution in [3.05, 3.63) is 71.9 Å². The molecule has 3 aromatic carbocycles. The quantitative estimate of drug-likeness (QED) is 0.242. The Morgan fingerprint density at radius 2 is 1.83 bits per heavy atom. The Hall–Kier alpha value is -5.04. The summed E-state index contributed by atoms with van der Waals surface area (Å²) < 4.78 is 22.0. The number of hydrogen-bond acceptors (Lipinski definition) is 10. The number of methoxy groups -OCH3 is 2. The zero-order valence-electron chi connectivity index (χ0n) is 23.9. The molecule has 0 saturated carbocycles. The van der Waals surface area contributed by atoms with Crippen LogP contribution in [0.4, 0.5) is 17.2 Å². The standard InChI is InChI=1S/C32H33N5O5/c1-21(38)41-19-23-12-14-37(15-13-23)31-18-34-28-10-9-27(26(17-33)32(28)36-31)35-24-6-11-29(30(16-24)40-3)42-20-22-4-7-25(39-2)8-5-22/h4-11,16,18,23,35H,12-15,19-20H2,1-3H3. The summed E-state index contributed by atoms with van der Waals surface area (Å²) in [6.07, 6.45) is 3.53. The predicted molar refractivity (Wildman–Crippen MR) is 159 cm³/mol. The van der Waals surface area contributed by atoms with Gasteiger partial charge in [0.15, 0.2) is 11.5 Å². The first-order valence-corrected chi connectivity index (χ1v) is 13.8. The van der Waals surface area contributed by atoms with Gasteiger partial charge in [-0.1, -0.05) is 12.1 Å². The summed E-state index contributed by atoms with van der Waals surface area (Å²) in [6.45, 7) is 3.81. The zero-order valence-corrected chi connectivity index (χ0v) is 23.9. The fourth-order valence-corrected chi connectivity index (χ4v) is 4.90. The molecule has 4 aromatic rings. The molecule has 0 bridgehead atoms. The number of piperidine rings is 1. The van der Waals surface area contributed by atoms with Gasteiger partial charge in [0.2, 0.25) is 0 Å². The van der Waals surface area contributed by atoms with Gasteiger partial charge in [0, 0.05) is 31.8 Å². The van der Waals surface area contributed by atoms with E-state index in [0.29, 0.717) is 52.9 Å². The second-order valence-corrected chi connectivity index (χ2v) is 10.1. The van der Waals surface area contributed by atoms with Gasteiger partial charge in [-0.05, 0) is 60.7 Å². The van der Waals surface area contributed by atoms with Crippen molar-refractivity contribution in [1.82, 2.24) is 9.97 Å². The Balaban J connectivity index is 1.31. The lowest BCUT2D eigenvalue weighted by Gasteiger charge is -2.32. The van der Waals surface area contributed by atoms with Crippen LogP contribution in [0.5, 0.6) is 17.2 Å². The molecule has 2 heterocycles. The van der Waals surface area contributed by atoms with Crippen LogP contribution < -0.4 is 24.4 Å². The van der Waals surface area contributed by atoms with Crippen LogP contribution in [0.2, 0.25) is 0 Å². The highest BCUT2D eigenvalue weighted by Crippen LogP contribution is 2.34. The molecule has 1 aliphatic rings. The highest BCUT2D eigenvalue weighted by molar-refractivity contribution is 5.89.